The zero-order valence-corrected chi connectivity index (χ0v) is 21.0. The third-order valence-corrected chi connectivity index (χ3v) is 8.60. The van der Waals surface area contributed by atoms with Crippen LogP contribution < -0.4 is 9.62 Å². The highest BCUT2D eigenvalue weighted by atomic mass is 32.2. The molecular formula is C26H30N4O4S. The number of likely N-dealkylation sites (tertiary alicyclic amines) is 1. The first-order valence-corrected chi connectivity index (χ1v) is 13.6. The Balaban J connectivity index is 1.29. The Morgan fingerprint density at radius 2 is 1.71 bits per heavy atom. The number of nitrogens with zero attached hydrogens (tertiary/aromatic N) is 3. The molecule has 1 amide bonds. The van der Waals surface area contributed by atoms with Gasteiger partial charge in [-0.25, -0.2) is 8.42 Å². The third-order valence-electron chi connectivity index (χ3n) is 7.47. The van der Waals surface area contributed by atoms with Crippen LogP contribution in [-0.4, -0.2) is 55.8 Å². The fourth-order valence-electron chi connectivity index (χ4n) is 5.29. The molecule has 2 aliphatic heterocycles. The van der Waals surface area contributed by atoms with Crippen LogP contribution in [0, 0.1) is 0 Å². The number of piperidine rings is 1. The van der Waals surface area contributed by atoms with Crippen LogP contribution in [0.4, 0.5) is 11.6 Å². The first-order chi connectivity index (χ1) is 16.6. The van der Waals surface area contributed by atoms with E-state index >= 15 is 0 Å². The fraction of sp³-hybridized carbons (Fsp3) is 0.385. The van der Waals surface area contributed by atoms with E-state index in [1.807, 2.05) is 68.4 Å². The van der Waals surface area contributed by atoms with Crippen molar-refractivity contribution in [3.05, 3.63) is 66.2 Å². The number of para-hydroxylation sites is 1. The summed E-state index contributed by atoms with van der Waals surface area (Å²) in [5, 5.41) is 6.95. The van der Waals surface area contributed by atoms with Gasteiger partial charge in [-0.05, 0) is 38.3 Å². The zero-order chi connectivity index (χ0) is 24.8. The Morgan fingerprint density at radius 3 is 2.40 bits per heavy atom. The van der Waals surface area contributed by atoms with Gasteiger partial charge in [0, 0.05) is 36.7 Å². The van der Waals surface area contributed by atoms with Crippen molar-refractivity contribution in [3.8, 4) is 11.3 Å². The molecule has 5 rings (SSSR count). The van der Waals surface area contributed by atoms with Crippen molar-refractivity contribution in [2.45, 2.75) is 37.6 Å². The maximum absolute atomic E-state index is 13.2. The predicted molar refractivity (Wildman–Crippen MR) is 136 cm³/mol. The zero-order valence-electron chi connectivity index (χ0n) is 20.2. The molecule has 35 heavy (non-hydrogen) atoms. The summed E-state index contributed by atoms with van der Waals surface area (Å²) >= 11 is 0. The SMILES string of the molecule is CC(C)(C(=O)Nc1cc(-c2ccccc2)no1)N1CCC2(CC1)CN(S(C)(=O)=O)c1ccccc12. The monoisotopic (exact) mass is 494 g/mol. The van der Waals surface area contributed by atoms with E-state index in [-0.39, 0.29) is 11.3 Å². The van der Waals surface area contributed by atoms with Crippen LogP contribution in [0.1, 0.15) is 32.3 Å². The van der Waals surface area contributed by atoms with Crippen LogP contribution in [0.15, 0.2) is 65.2 Å². The lowest BCUT2D eigenvalue weighted by molar-refractivity contribution is -0.127. The first kappa shape index (κ1) is 23.6. The van der Waals surface area contributed by atoms with Gasteiger partial charge in [-0.1, -0.05) is 53.7 Å². The number of amides is 1. The topological polar surface area (TPSA) is 95.8 Å². The van der Waals surface area contributed by atoms with Crippen molar-refractivity contribution in [1.29, 1.82) is 0 Å². The van der Waals surface area contributed by atoms with E-state index in [1.165, 1.54) is 10.6 Å². The van der Waals surface area contributed by atoms with E-state index in [0.717, 1.165) is 29.7 Å². The number of fused-ring (bicyclic) bond motifs is 2. The predicted octanol–water partition coefficient (Wildman–Crippen LogP) is 3.87. The number of benzene rings is 2. The average molecular weight is 495 g/mol. The minimum Gasteiger partial charge on any atom is -0.338 e. The van der Waals surface area contributed by atoms with Crippen molar-refractivity contribution >= 4 is 27.5 Å². The second kappa shape index (κ2) is 8.49. The van der Waals surface area contributed by atoms with Gasteiger partial charge >= 0.3 is 0 Å². The van der Waals surface area contributed by atoms with E-state index in [2.05, 4.69) is 15.4 Å². The smallest absolute Gasteiger partial charge is 0.246 e. The molecule has 1 saturated heterocycles. The molecule has 3 aromatic rings. The standard InChI is InChI=1S/C26H30N4O4S/c1-25(2,24(31)27-23-17-21(28-34-23)19-9-5-4-6-10-19)29-15-13-26(14-16-29)18-30(35(3,32)33)22-12-8-7-11-20(22)26/h4-12,17H,13-16,18H2,1-3H3,(H,27,31). The second-order valence-corrected chi connectivity index (χ2v) is 11.9. The highest BCUT2D eigenvalue weighted by Crippen LogP contribution is 2.48. The van der Waals surface area contributed by atoms with E-state index in [4.69, 9.17) is 4.52 Å². The number of nitrogens with one attached hydrogen (secondary N) is 1. The minimum atomic E-state index is -3.36. The summed E-state index contributed by atoms with van der Waals surface area (Å²) in [7, 11) is -3.36. The number of anilines is 2. The van der Waals surface area contributed by atoms with Crippen LogP contribution in [-0.2, 0) is 20.2 Å². The highest BCUT2D eigenvalue weighted by molar-refractivity contribution is 7.92. The molecule has 1 aromatic heterocycles. The number of sulfonamides is 1. The van der Waals surface area contributed by atoms with Gasteiger partial charge < -0.3 is 4.52 Å². The molecule has 0 bridgehead atoms. The van der Waals surface area contributed by atoms with Crippen molar-refractivity contribution in [3.63, 3.8) is 0 Å². The van der Waals surface area contributed by atoms with Crippen molar-refractivity contribution in [2.24, 2.45) is 0 Å². The van der Waals surface area contributed by atoms with Gasteiger partial charge in [0.15, 0.2) is 0 Å². The van der Waals surface area contributed by atoms with E-state index in [1.54, 1.807) is 6.07 Å². The molecule has 2 aliphatic rings. The summed E-state index contributed by atoms with van der Waals surface area (Å²) in [6.45, 7) is 5.61. The highest BCUT2D eigenvalue weighted by Gasteiger charge is 2.49. The van der Waals surface area contributed by atoms with Crippen molar-refractivity contribution in [1.82, 2.24) is 10.1 Å². The molecule has 1 spiro atoms. The largest absolute Gasteiger partial charge is 0.338 e. The molecule has 3 heterocycles. The van der Waals surface area contributed by atoms with Gasteiger partial charge in [-0.15, -0.1) is 0 Å². The number of carbonyl (C=O) groups excluding carboxylic acids is 1. The summed E-state index contributed by atoms with van der Waals surface area (Å²) in [5.74, 6) is 0.137. The number of carbonyl (C=O) groups is 1. The Kier molecular flexibility index (Phi) is 5.72. The number of rotatable bonds is 5. The molecular weight excluding hydrogens is 464 g/mol. The Morgan fingerprint density at radius 1 is 1.06 bits per heavy atom. The van der Waals surface area contributed by atoms with Gasteiger partial charge in [-0.3, -0.25) is 19.3 Å². The second-order valence-electron chi connectivity index (χ2n) is 10.0. The van der Waals surface area contributed by atoms with Crippen molar-refractivity contribution < 1.29 is 17.7 Å². The molecule has 1 N–H and O–H groups in total. The molecule has 0 saturated carbocycles. The summed E-state index contributed by atoms with van der Waals surface area (Å²) in [6.07, 6.45) is 2.80. The quantitative estimate of drug-likeness (QED) is 0.579. The summed E-state index contributed by atoms with van der Waals surface area (Å²) in [5.41, 5.74) is 2.42. The molecule has 9 heteroatoms. The van der Waals surface area contributed by atoms with Crippen LogP contribution in [0.5, 0.6) is 0 Å². The Hall–Kier alpha value is -3.17. The van der Waals surface area contributed by atoms with Crippen LogP contribution in [0.3, 0.4) is 0 Å². The molecule has 0 atom stereocenters. The van der Waals surface area contributed by atoms with Crippen molar-refractivity contribution in [2.75, 3.05) is 35.5 Å². The average Bonchev–Trinajstić information content (AvgIpc) is 3.43. The number of hydrogen-bond acceptors (Lipinski definition) is 6. The summed E-state index contributed by atoms with van der Waals surface area (Å²) in [4.78, 5) is 15.4. The molecule has 184 valence electrons. The molecule has 1 fully saturated rings. The van der Waals surface area contributed by atoms with Gasteiger partial charge in [0.05, 0.1) is 17.5 Å². The molecule has 2 aromatic carbocycles. The normalized spacial score (nSPS) is 18.0. The lowest BCUT2D eigenvalue weighted by Gasteiger charge is -2.45. The molecule has 0 unspecified atom stereocenters. The van der Waals surface area contributed by atoms with Gasteiger partial charge in [-0.2, -0.15) is 0 Å². The Bertz CT molecular complexity index is 1340. The van der Waals surface area contributed by atoms with Crippen LogP contribution in [0.2, 0.25) is 0 Å². The number of aromatic nitrogens is 1. The molecule has 0 aliphatic carbocycles. The lowest BCUT2D eigenvalue weighted by Crippen LogP contribution is -2.57. The van der Waals surface area contributed by atoms with Gasteiger partial charge in [0.2, 0.25) is 21.8 Å². The van der Waals surface area contributed by atoms with Gasteiger partial charge in [0.25, 0.3) is 0 Å². The van der Waals surface area contributed by atoms with E-state index < -0.39 is 15.6 Å². The molecule has 8 nitrogen and oxygen atoms in total. The van der Waals surface area contributed by atoms with Crippen LogP contribution in [0.25, 0.3) is 11.3 Å². The third kappa shape index (κ3) is 4.23. The maximum Gasteiger partial charge on any atom is 0.246 e. The van der Waals surface area contributed by atoms with E-state index in [0.29, 0.717) is 31.2 Å². The summed E-state index contributed by atoms with van der Waals surface area (Å²) < 4.78 is 31.8. The lowest BCUT2D eigenvalue weighted by atomic mass is 9.73. The first-order valence-electron chi connectivity index (χ1n) is 11.8. The summed E-state index contributed by atoms with van der Waals surface area (Å²) in [6, 6.07) is 19.1. The Labute approximate surface area is 206 Å². The minimum absolute atomic E-state index is 0.172. The number of hydrogen-bond donors (Lipinski definition) is 1. The maximum atomic E-state index is 13.2. The molecule has 0 radical (unpaired) electrons. The van der Waals surface area contributed by atoms with Gasteiger partial charge in [0.1, 0.15) is 5.69 Å². The van der Waals surface area contributed by atoms with Crippen LogP contribution >= 0.6 is 0 Å². The fourth-order valence-corrected chi connectivity index (χ4v) is 6.29. The van der Waals surface area contributed by atoms with E-state index in [9.17, 15) is 13.2 Å².